The van der Waals surface area contributed by atoms with Gasteiger partial charge in [0, 0.05) is 18.7 Å². The third-order valence-corrected chi connectivity index (χ3v) is 3.06. The Labute approximate surface area is 96.5 Å². The van der Waals surface area contributed by atoms with Crippen molar-refractivity contribution in [2.24, 2.45) is 5.92 Å². The fourth-order valence-electron chi connectivity index (χ4n) is 2.24. The van der Waals surface area contributed by atoms with E-state index in [1.165, 1.54) is 0 Å². The summed E-state index contributed by atoms with van der Waals surface area (Å²) < 4.78 is 0. The quantitative estimate of drug-likeness (QED) is 0.763. The lowest BCUT2D eigenvalue weighted by atomic mass is 10.1. The third kappa shape index (κ3) is 2.08. The maximum Gasteiger partial charge on any atom is 0.225 e. The Morgan fingerprint density at radius 3 is 2.94 bits per heavy atom. The predicted octanol–water partition coefficient (Wildman–Crippen LogP) is 2.40. The van der Waals surface area contributed by atoms with Crippen LogP contribution in [0.5, 0.6) is 0 Å². The molecule has 1 aliphatic rings. The molecule has 1 fully saturated rings. The molecule has 2 heterocycles. The molecule has 0 radical (unpaired) electrons. The van der Waals surface area contributed by atoms with Crippen LogP contribution in [-0.2, 0) is 4.79 Å². The van der Waals surface area contributed by atoms with Gasteiger partial charge < -0.3 is 4.90 Å². The van der Waals surface area contributed by atoms with Crippen LogP contribution in [0.15, 0.2) is 24.4 Å². The molecular formula is C13H18N2O. The molecule has 0 unspecified atom stereocenters. The van der Waals surface area contributed by atoms with Crippen LogP contribution in [-0.4, -0.2) is 22.3 Å². The standard InChI is InChI=1S/C13H18N2O/c1-10(2)13(16)15-9-5-7-12(15)11-6-3-4-8-14-11/h3-4,6,8,10,12H,5,7,9H2,1-2H3/t12-/m0/s1. The zero-order valence-electron chi connectivity index (χ0n) is 9.89. The van der Waals surface area contributed by atoms with Crippen molar-refractivity contribution >= 4 is 5.91 Å². The number of nitrogens with zero attached hydrogens (tertiary/aromatic N) is 2. The van der Waals surface area contributed by atoms with E-state index in [1.807, 2.05) is 36.9 Å². The van der Waals surface area contributed by atoms with Crippen LogP contribution in [0.2, 0.25) is 0 Å². The number of carbonyl (C=O) groups is 1. The maximum absolute atomic E-state index is 12.0. The number of hydrogen-bond donors (Lipinski definition) is 0. The second-order valence-electron chi connectivity index (χ2n) is 4.60. The lowest BCUT2D eigenvalue weighted by Gasteiger charge is -2.25. The highest BCUT2D eigenvalue weighted by Crippen LogP contribution is 2.31. The van der Waals surface area contributed by atoms with Gasteiger partial charge in [0.2, 0.25) is 5.91 Å². The Kier molecular flexibility index (Phi) is 3.22. The van der Waals surface area contributed by atoms with Crippen LogP contribution in [0.3, 0.4) is 0 Å². The van der Waals surface area contributed by atoms with Gasteiger partial charge in [0.05, 0.1) is 11.7 Å². The van der Waals surface area contributed by atoms with Crippen molar-refractivity contribution < 1.29 is 4.79 Å². The van der Waals surface area contributed by atoms with Gasteiger partial charge in [-0.3, -0.25) is 9.78 Å². The van der Waals surface area contributed by atoms with Gasteiger partial charge in [0.25, 0.3) is 0 Å². The zero-order chi connectivity index (χ0) is 11.5. The topological polar surface area (TPSA) is 33.2 Å². The number of likely N-dealkylation sites (tertiary alicyclic amines) is 1. The summed E-state index contributed by atoms with van der Waals surface area (Å²) in [7, 11) is 0. The summed E-state index contributed by atoms with van der Waals surface area (Å²) in [6.07, 6.45) is 3.92. The minimum atomic E-state index is 0.0734. The first-order chi connectivity index (χ1) is 7.70. The van der Waals surface area contributed by atoms with Crippen molar-refractivity contribution in [3.05, 3.63) is 30.1 Å². The van der Waals surface area contributed by atoms with Crippen molar-refractivity contribution in [2.45, 2.75) is 32.7 Å². The van der Waals surface area contributed by atoms with Crippen LogP contribution in [0, 0.1) is 5.92 Å². The van der Waals surface area contributed by atoms with E-state index >= 15 is 0 Å². The molecule has 0 saturated carbocycles. The molecule has 0 aromatic carbocycles. The van der Waals surface area contributed by atoms with Gasteiger partial charge >= 0.3 is 0 Å². The second-order valence-corrected chi connectivity index (χ2v) is 4.60. The predicted molar refractivity (Wildman–Crippen MR) is 62.8 cm³/mol. The van der Waals surface area contributed by atoms with Gasteiger partial charge in [0.1, 0.15) is 0 Å². The second kappa shape index (κ2) is 4.64. The Morgan fingerprint density at radius 2 is 2.31 bits per heavy atom. The zero-order valence-corrected chi connectivity index (χ0v) is 9.89. The number of carbonyl (C=O) groups excluding carboxylic acids is 1. The number of hydrogen-bond acceptors (Lipinski definition) is 2. The molecule has 0 spiro atoms. The van der Waals surface area contributed by atoms with E-state index in [0.29, 0.717) is 0 Å². The molecule has 1 atom stereocenters. The first-order valence-electron chi connectivity index (χ1n) is 5.91. The largest absolute Gasteiger partial charge is 0.334 e. The van der Waals surface area contributed by atoms with E-state index in [-0.39, 0.29) is 17.9 Å². The van der Waals surface area contributed by atoms with Crippen LogP contribution < -0.4 is 0 Å². The first-order valence-corrected chi connectivity index (χ1v) is 5.91. The van der Waals surface area contributed by atoms with Crippen molar-refractivity contribution in [1.29, 1.82) is 0 Å². The lowest BCUT2D eigenvalue weighted by Crippen LogP contribution is -2.34. The summed E-state index contributed by atoms with van der Waals surface area (Å²) in [5, 5.41) is 0. The molecule has 16 heavy (non-hydrogen) atoms. The Morgan fingerprint density at radius 1 is 1.50 bits per heavy atom. The number of amides is 1. The van der Waals surface area contributed by atoms with E-state index in [0.717, 1.165) is 25.1 Å². The summed E-state index contributed by atoms with van der Waals surface area (Å²) in [5.41, 5.74) is 1.02. The number of aromatic nitrogens is 1. The van der Waals surface area contributed by atoms with Crippen LogP contribution in [0.1, 0.15) is 38.4 Å². The fourth-order valence-corrected chi connectivity index (χ4v) is 2.24. The molecule has 1 aromatic heterocycles. The Bertz CT molecular complexity index is 361. The smallest absolute Gasteiger partial charge is 0.225 e. The highest BCUT2D eigenvalue weighted by atomic mass is 16.2. The number of rotatable bonds is 2. The average molecular weight is 218 g/mol. The van der Waals surface area contributed by atoms with Crippen LogP contribution in [0.25, 0.3) is 0 Å². The van der Waals surface area contributed by atoms with E-state index < -0.39 is 0 Å². The number of pyridine rings is 1. The Balaban J connectivity index is 2.19. The average Bonchev–Trinajstić information content (AvgIpc) is 2.77. The van der Waals surface area contributed by atoms with Gasteiger partial charge in [-0.1, -0.05) is 19.9 Å². The van der Waals surface area contributed by atoms with Gasteiger partial charge in [0.15, 0.2) is 0 Å². The molecule has 0 bridgehead atoms. The summed E-state index contributed by atoms with van der Waals surface area (Å²) in [6, 6.07) is 6.10. The third-order valence-electron chi connectivity index (χ3n) is 3.06. The van der Waals surface area contributed by atoms with Crippen molar-refractivity contribution in [3.63, 3.8) is 0 Å². The van der Waals surface area contributed by atoms with E-state index in [4.69, 9.17) is 0 Å². The summed E-state index contributed by atoms with van der Waals surface area (Å²) in [6.45, 7) is 4.78. The molecule has 3 nitrogen and oxygen atoms in total. The molecular weight excluding hydrogens is 200 g/mol. The van der Waals surface area contributed by atoms with Crippen LogP contribution in [0.4, 0.5) is 0 Å². The summed E-state index contributed by atoms with van der Waals surface area (Å²) in [5.74, 6) is 0.317. The first kappa shape index (κ1) is 11.1. The van der Waals surface area contributed by atoms with Crippen molar-refractivity contribution in [1.82, 2.24) is 9.88 Å². The van der Waals surface area contributed by atoms with Crippen molar-refractivity contribution in [2.75, 3.05) is 6.54 Å². The van der Waals surface area contributed by atoms with E-state index in [9.17, 15) is 4.79 Å². The SMILES string of the molecule is CC(C)C(=O)N1CCC[C@H]1c1ccccn1. The molecule has 1 amide bonds. The highest BCUT2D eigenvalue weighted by molar-refractivity contribution is 5.78. The Hall–Kier alpha value is -1.38. The van der Waals surface area contributed by atoms with E-state index in [2.05, 4.69) is 4.98 Å². The van der Waals surface area contributed by atoms with Gasteiger partial charge in [-0.2, -0.15) is 0 Å². The van der Waals surface area contributed by atoms with Gasteiger partial charge in [-0.05, 0) is 25.0 Å². The molecule has 0 N–H and O–H groups in total. The molecule has 86 valence electrons. The highest BCUT2D eigenvalue weighted by Gasteiger charge is 2.31. The van der Waals surface area contributed by atoms with Gasteiger partial charge in [-0.25, -0.2) is 0 Å². The maximum atomic E-state index is 12.0. The van der Waals surface area contributed by atoms with E-state index in [1.54, 1.807) is 6.20 Å². The minimum absolute atomic E-state index is 0.0734. The van der Waals surface area contributed by atoms with Crippen molar-refractivity contribution in [3.8, 4) is 0 Å². The molecule has 0 aliphatic carbocycles. The normalized spacial score (nSPS) is 20.4. The molecule has 1 aromatic rings. The van der Waals surface area contributed by atoms with Gasteiger partial charge in [-0.15, -0.1) is 0 Å². The van der Waals surface area contributed by atoms with Crippen LogP contribution >= 0.6 is 0 Å². The molecule has 1 saturated heterocycles. The molecule has 1 aliphatic heterocycles. The summed E-state index contributed by atoms with van der Waals surface area (Å²) >= 11 is 0. The molecule has 3 heteroatoms. The summed E-state index contributed by atoms with van der Waals surface area (Å²) in [4.78, 5) is 18.4. The minimum Gasteiger partial charge on any atom is -0.334 e. The fraction of sp³-hybridized carbons (Fsp3) is 0.538. The molecule has 2 rings (SSSR count). The lowest BCUT2D eigenvalue weighted by molar-refractivity contribution is -0.135. The monoisotopic (exact) mass is 218 g/mol.